The van der Waals surface area contributed by atoms with E-state index in [1.165, 1.54) is 10.7 Å². The Morgan fingerprint density at radius 1 is 1.13 bits per heavy atom. The fraction of sp³-hybridized carbons (Fsp3) is 0.0667. The molecule has 23 heavy (non-hydrogen) atoms. The van der Waals surface area contributed by atoms with Crippen LogP contribution in [0.25, 0.3) is 22.8 Å². The molecule has 0 saturated carbocycles. The van der Waals surface area contributed by atoms with Gasteiger partial charge in [0.15, 0.2) is 17.4 Å². The topological polar surface area (TPSA) is 114 Å². The summed E-state index contributed by atoms with van der Waals surface area (Å²) in [6, 6.07) is 11.6. The van der Waals surface area contributed by atoms with Crippen LogP contribution in [-0.4, -0.2) is 29.9 Å². The zero-order valence-electron chi connectivity index (χ0n) is 12.0. The van der Waals surface area contributed by atoms with E-state index in [0.29, 0.717) is 11.6 Å². The van der Waals surface area contributed by atoms with Crippen molar-refractivity contribution in [2.75, 3.05) is 0 Å². The summed E-state index contributed by atoms with van der Waals surface area (Å²) in [4.78, 5) is 14.5. The van der Waals surface area contributed by atoms with Crippen molar-refractivity contribution >= 4 is 5.69 Å². The van der Waals surface area contributed by atoms with Gasteiger partial charge >= 0.3 is 5.69 Å². The summed E-state index contributed by atoms with van der Waals surface area (Å²) >= 11 is 0. The largest absolute Gasteiger partial charge is 0.504 e. The maximum Gasteiger partial charge on any atom is 0.315 e. The Kier molecular flexibility index (Phi) is 3.41. The number of nitro groups is 1. The molecule has 0 saturated heterocycles. The first-order chi connectivity index (χ1) is 11.0. The first-order valence-corrected chi connectivity index (χ1v) is 6.64. The minimum Gasteiger partial charge on any atom is -0.504 e. The Bertz CT molecular complexity index is 890. The smallest absolute Gasteiger partial charge is 0.315 e. The van der Waals surface area contributed by atoms with Crippen LogP contribution in [0.4, 0.5) is 5.69 Å². The van der Waals surface area contributed by atoms with Gasteiger partial charge in [-0.05, 0) is 6.07 Å². The normalized spacial score (nSPS) is 10.7. The molecule has 1 heterocycles. The van der Waals surface area contributed by atoms with Gasteiger partial charge in [-0.2, -0.15) is 5.10 Å². The maximum atomic E-state index is 11.0. The summed E-state index contributed by atoms with van der Waals surface area (Å²) in [5.74, 6) is -0.566. The van der Waals surface area contributed by atoms with Gasteiger partial charge in [-0.1, -0.05) is 30.3 Å². The lowest BCUT2D eigenvalue weighted by Gasteiger charge is -2.03. The van der Waals surface area contributed by atoms with Crippen molar-refractivity contribution in [2.45, 2.75) is 0 Å². The van der Waals surface area contributed by atoms with Crippen LogP contribution in [-0.2, 0) is 7.05 Å². The van der Waals surface area contributed by atoms with E-state index in [9.17, 15) is 20.3 Å². The summed E-state index contributed by atoms with van der Waals surface area (Å²) in [5.41, 5.74) is 0.486. The molecule has 0 atom stereocenters. The van der Waals surface area contributed by atoms with Gasteiger partial charge in [-0.3, -0.25) is 10.1 Å². The van der Waals surface area contributed by atoms with Crippen molar-refractivity contribution in [3.8, 4) is 34.3 Å². The predicted octanol–water partition coefficient (Wildman–Crippen LogP) is 2.47. The van der Waals surface area contributed by atoms with Crippen molar-refractivity contribution in [1.82, 2.24) is 14.8 Å². The highest BCUT2D eigenvalue weighted by Crippen LogP contribution is 2.39. The van der Waals surface area contributed by atoms with Gasteiger partial charge in [0.25, 0.3) is 0 Å². The minimum atomic E-state index is -0.774. The third-order valence-electron chi connectivity index (χ3n) is 3.32. The van der Waals surface area contributed by atoms with Gasteiger partial charge in [-0.15, -0.1) is 0 Å². The molecule has 0 spiro atoms. The highest BCUT2D eigenvalue weighted by atomic mass is 16.6. The third-order valence-corrected chi connectivity index (χ3v) is 3.32. The Labute approximate surface area is 130 Å². The Morgan fingerprint density at radius 2 is 1.83 bits per heavy atom. The summed E-state index contributed by atoms with van der Waals surface area (Å²) in [6.07, 6.45) is 0. The van der Waals surface area contributed by atoms with Gasteiger partial charge in [0, 0.05) is 24.2 Å². The first kappa shape index (κ1) is 14.5. The van der Waals surface area contributed by atoms with Crippen LogP contribution in [0.2, 0.25) is 0 Å². The molecule has 0 aliphatic carbocycles. The molecular formula is C15H12N4O4. The Morgan fingerprint density at radius 3 is 2.48 bits per heavy atom. The fourth-order valence-corrected chi connectivity index (χ4v) is 2.22. The lowest BCUT2D eigenvalue weighted by Crippen LogP contribution is -1.96. The van der Waals surface area contributed by atoms with Crippen molar-refractivity contribution in [3.05, 3.63) is 52.6 Å². The van der Waals surface area contributed by atoms with Crippen molar-refractivity contribution < 1.29 is 15.1 Å². The van der Waals surface area contributed by atoms with Gasteiger partial charge < -0.3 is 10.2 Å². The van der Waals surface area contributed by atoms with Crippen LogP contribution >= 0.6 is 0 Å². The van der Waals surface area contributed by atoms with E-state index in [0.717, 1.165) is 11.6 Å². The number of hydrogen-bond donors (Lipinski definition) is 2. The first-order valence-electron chi connectivity index (χ1n) is 6.64. The molecule has 3 aromatic rings. The number of aromatic hydroxyl groups is 2. The van der Waals surface area contributed by atoms with Crippen LogP contribution in [0.1, 0.15) is 0 Å². The quantitative estimate of drug-likeness (QED) is 0.436. The molecule has 0 unspecified atom stereocenters. The van der Waals surface area contributed by atoms with Crippen LogP contribution in [0.5, 0.6) is 11.5 Å². The van der Waals surface area contributed by atoms with E-state index in [2.05, 4.69) is 10.1 Å². The van der Waals surface area contributed by atoms with E-state index in [1.54, 1.807) is 7.05 Å². The molecule has 0 aliphatic heterocycles. The van der Waals surface area contributed by atoms with Crippen molar-refractivity contribution in [2.24, 2.45) is 7.05 Å². The molecule has 0 aliphatic rings. The molecule has 8 nitrogen and oxygen atoms in total. The van der Waals surface area contributed by atoms with Gasteiger partial charge in [0.1, 0.15) is 0 Å². The van der Waals surface area contributed by atoms with Gasteiger partial charge in [0.2, 0.25) is 5.75 Å². The Hall–Kier alpha value is -3.42. The number of rotatable bonds is 3. The number of nitro benzene ring substituents is 1. The van der Waals surface area contributed by atoms with Gasteiger partial charge in [-0.25, -0.2) is 9.67 Å². The van der Waals surface area contributed by atoms with Gasteiger partial charge in [0.05, 0.1) is 4.92 Å². The van der Waals surface area contributed by atoms with Crippen LogP contribution < -0.4 is 0 Å². The average molecular weight is 312 g/mol. The fourth-order valence-electron chi connectivity index (χ4n) is 2.22. The summed E-state index contributed by atoms with van der Waals surface area (Å²) in [6.45, 7) is 0. The highest BCUT2D eigenvalue weighted by Gasteiger charge is 2.22. The molecule has 1 aromatic heterocycles. The maximum absolute atomic E-state index is 11.0. The predicted molar refractivity (Wildman–Crippen MR) is 81.9 cm³/mol. The van der Waals surface area contributed by atoms with Crippen LogP contribution in [0, 0.1) is 10.1 Å². The Balaban J connectivity index is 2.13. The molecule has 0 bridgehead atoms. The zero-order chi connectivity index (χ0) is 16.6. The van der Waals surface area contributed by atoms with E-state index >= 15 is 0 Å². The number of hydrogen-bond acceptors (Lipinski definition) is 6. The molecule has 8 heteroatoms. The third kappa shape index (κ3) is 2.57. The number of benzene rings is 2. The van der Waals surface area contributed by atoms with Crippen molar-refractivity contribution in [3.63, 3.8) is 0 Å². The molecule has 116 valence electrons. The SMILES string of the molecule is Cn1nc(-c2ccccc2)nc1-c1cc(O)c(O)c([N+](=O)[O-])c1. The van der Waals surface area contributed by atoms with E-state index in [1.807, 2.05) is 30.3 Å². The number of phenolic OH excluding ortho intramolecular Hbond substituents is 2. The second kappa shape index (κ2) is 5.41. The second-order valence-electron chi connectivity index (χ2n) is 4.87. The zero-order valence-corrected chi connectivity index (χ0v) is 12.0. The highest BCUT2D eigenvalue weighted by molar-refractivity contribution is 5.70. The summed E-state index contributed by atoms with van der Waals surface area (Å²) < 4.78 is 1.46. The molecule has 3 rings (SSSR count). The van der Waals surface area contributed by atoms with Crippen LogP contribution in [0.15, 0.2) is 42.5 Å². The molecule has 2 N–H and O–H groups in total. The average Bonchev–Trinajstić information content (AvgIpc) is 2.92. The van der Waals surface area contributed by atoms with Crippen LogP contribution in [0.3, 0.4) is 0 Å². The van der Waals surface area contributed by atoms with E-state index < -0.39 is 22.1 Å². The minimum absolute atomic E-state index is 0.282. The standard InChI is InChI=1S/C15H12N4O4/c1-18-15(16-14(17-18)9-5-3-2-4-6-9)10-7-11(19(22)23)13(21)12(20)8-10/h2-8,20-21H,1H3. The molecule has 0 radical (unpaired) electrons. The lowest BCUT2D eigenvalue weighted by atomic mass is 10.1. The lowest BCUT2D eigenvalue weighted by molar-refractivity contribution is -0.385. The molecular weight excluding hydrogens is 300 g/mol. The molecule has 2 aromatic carbocycles. The van der Waals surface area contributed by atoms with E-state index in [4.69, 9.17) is 0 Å². The number of aryl methyl sites for hydroxylation is 1. The number of phenols is 2. The molecule has 0 amide bonds. The number of aromatic nitrogens is 3. The summed E-state index contributed by atoms with van der Waals surface area (Å²) in [7, 11) is 1.64. The monoisotopic (exact) mass is 312 g/mol. The van der Waals surface area contributed by atoms with E-state index in [-0.39, 0.29) is 5.56 Å². The second-order valence-corrected chi connectivity index (χ2v) is 4.87. The summed E-state index contributed by atoms with van der Waals surface area (Å²) in [5, 5.41) is 34.5. The molecule has 0 fully saturated rings. The number of nitrogens with zero attached hydrogens (tertiary/aromatic N) is 4. The van der Waals surface area contributed by atoms with Crippen molar-refractivity contribution in [1.29, 1.82) is 0 Å².